The van der Waals surface area contributed by atoms with Gasteiger partial charge in [-0.15, -0.1) is 0 Å². The SMILES string of the molecule is CCCNC(=O)CNC(=O)C(C)Oc1cccc(C)c1. The third-order valence-corrected chi connectivity index (χ3v) is 2.67. The number of ether oxygens (including phenoxy) is 1. The summed E-state index contributed by atoms with van der Waals surface area (Å²) in [6.45, 7) is 6.16. The molecule has 1 atom stereocenters. The minimum atomic E-state index is -0.643. The van der Waals surface area contributed by atoms with Gasteiger partial charge in [-0.1, -0.05) is 19.1 Å². The molecule has 2 amide bonds. The summed E-state index contributed by atoms with van der Waals surface area (Å²) in [5.74, 6) is 0.143. The Hall–Kier alpha value is -2.04. The first-order chi connectivity index (χ1) is 9.52. The van der Waals surface area contributed by atoms with E-state index < -0.39 is 6.10 Å². The number of nitrogens with one attached hydrogen (secondary N) is 2. The first-order valence-electron chi connectivity index (χ1n) is 6.80. The van der Waals surface area contributed by atoms with E-state index >= 15 is 0 Å². The summed E-state index contributed by atoms with van der Waals surface area (Å²) in [4.78, 5) is 23.2. The van der Waals surface area contributed by atoms with Crippen LogP contribution in [0.4, 0.5) is 0 Å². The molecular weight excluding hydrogens is 256 g/mol. The molecule has 0 heterocycles. The van der Waals surface area contributed by atoms with Gasteiger partial charge in [0, 0.05) is 6.54 Å². The number of hydrogen-bond acceptors (Lipinski definition) is 3. The topological polar surface area (TPSA) is 67.4 Å². The molecule has 1 rings (SSSR count). The van der Waals surface area contributed by atoms with E-state index in [9.17, 15) is 9.59 Å². The molecule has 5 nitrogen and oxygen atoms in total. The molecule has 0 aromatic heterocycles. The van der Waals surface area contributed by atoms with Crippen molar-refractivity contribution in [1.29, 1.82) is 0 Å². The van der Waals surface area contributed by atoms with Gasteiger partial charge < -0.3 is 15.4 Å². The summed E-state index contributed by atoms with van der Waals surface area (Å²) in [5.41, 5.74) is 1.06. The van der Waals surface area contributed by atoms with E-state index in [2.05, 4.69) is 10.6 Å². The van der Waals surface area contributed by atoms with Crippen LogP contribution in [0.5, 0.6) is 5.75 Å². The molecule has 110 valence electrons. The highest BCUT2D eigenvalue weighted by Gasteiger charge is 2.15. The Morgan fingerprint density at radius 2 is 2.05 bits per heavy atom. The van der Waals surface area contributed by atoms with E-state index in [-0.39, 0.29) is 18.4 Å². The predicted octanol–water partition coefficient (Wildman–Crippen LogP) is 1.40. The van der Waals surface area contributed by atoms with Gasteiger partial charge in [0.05, 0.1) is 6.54 Å². The largest absolute Gasteiger partial charge is 0.481 e. The second-order valence-electron chi connectivity index (χ2n) is 4.64. The van der Waals surface area contributed by atoms with Crippen molar-refractivity contribution in [2.75, 3.05) is 13.1 Å². The fraction of sp³-hybridized carbons (Fsp3) is 0.467. The van der Waals surface area contributed by atoms with Gasteiger partial charge in [-0.2, -0.15) is 0 Å². The van der Waals surface area contributed by atoms with E-state index in [0.29, 0.717) is 12.3 Å². The Morgan fingerprint density at radius 3 is 2.70 bits per heavy atom. The van der Waals surface area contributed by atoms with Crippen LogP contribution in [0.15, 0.2) is 24.3 Å². The van der Waals surface area contributed by atoms with Crippen molar-refractivity contribution >= 4 is 11.8 Å². The molecule has 0 radical (unpaired) electrons. The third-order valence-electron chi connectivity index (χ3n) is 2.67. The summed E-state index contributed by atoms with van der Waals surface area (Å²) in [6, 6.07) is 7.48. The van der Waals surface area contributed by atoms with Gasteiger partial charge in [-0.25, -0.2) is 0 Å². The van der Waals surface area contributed by atoms with Crippen LogP contribution in [0, 0.1) is 6.92 Å². The maximum Gasteiger partial charge on any atom is 0.261 e. The number of carbonyl (C=O) groups excluding carboxylic acids is 2. The standard InChI is InChI=1S/C15H22N2O3/c1-4-8-16-14(18)10-17-15(19)12(3)20-13-7-5-6-11(2)9-13/h5-7,9,12H,4,8,10H2,1-3H3,(H,16,18)(H,17,19). The Morgan fingerprint density at radius 1 is 1.30 bits per heavy atom. The van der Waals surface area contributed by atoms with Crippen molar-refractivity contribution in [2.24, 2.45) is 0 Å². The Bertz CT molecular complexity index is 460. The zero-order valence-corrected chi connectivity index (χ0v) is 12.2. The monoisotopic (exact) mass is 278 g/mol. The van der Waals surface area contributed by atoms with Crippen LogP contribution in [-0.2, 0) is 9.59 Å². The van der Waals surface area contributed by atoms with Gasteiger partial charge in [-0.05, 0) is 38.0 Å². The van der Waals surface area contributed by atoms with E-state index in [1.54, 1.807) is 13.0 Å². The molecule has 0 fully saturated rings. The van der Waals surface area contributed by atoms with E-state index in [1.807, 2.05) is 32.0 Å². The van der Waals surface area contributed by atoms with Crippen LogP contribution in [0.3, 0.4) is 0 Å². The molecule has 1 unspecified atom stereocenters. The average Bonchev–Trinajstić information content (AvgIpc) is 2.42. The van der Waals surface area contributed by atoms with Crippen molar-refractivity contribution in [1.82, 2.24) is 10.6 Å². The molecule has 0 bridgehead atoms. The van der Waals surface area contributed by atoms with Gasteiger partial charge in [0.15, 0.2) is 6.10 Å². The second kappa shape index (κ2) is 8.19. The lowest BCUT2D eigenvalue weighted by Crippen LogP contribution is -2.42. The molecule has 2 N–H and O–H groups in total. The Balaban J connectivity index is 2.37. The zero-order chi connectivity index (χ0) is 15.0. The number of benzene rings is 1. The van der Waals surface area contributed by atoms with Crippen molar-refractivity contribution in [2.45, 2.75) is 33.3 Å². The molecule has 0 aliphatic heterocycles. The first kappa shape index (κ1) is 16.0. The Kier molecular flexibility index (Phi) is 6.56. The lowest BCUT2D eigenvalue weighted by molar-refractivity contribution is -0.130. The summed E-state index contributed by atoms with van der Waals surface area (Å²) in [5, 5.41) is 5.24. The number of aryl methyl sites for hydroxylation is 1. The zero-order valence-electron chi connectivity index (χ0n) is 12.2. The number of carbonyl (C=O) groups is 2. The van der Waals surface area contributed by atoms with Crippen LogP contribution in [0.1, 0.15) is 25.8 Å². The molecular formula is C15H22N2O3. The summed E-state index contributed by atoms with van der Waals surface area (Å²) in [7, 11) is 0. The maximum absolute atomic E-state index is 11.8. The fourth-order valence-electron chi connectivity index (χ4n) is 1.58. The second-order valence-corrected chi connectivity index (χ2v) is 4.64. The van der Waals surface area contributed by atoms with Crippen molar-refractivity contribution in [3.05, 3.63) is 29.8 Å². The smallest absolute Gasteiger partial charge is 0.261 e. The van der Waals surface area contributed by atoms with Gasteiger partial charge in [-0.3, -0.25) is 9.59 Å². The molecule has 0 aliphatic rings. The van der Waals surface area contributed by atoms with E-state index in [1.165, 1.54) is 0 Å². The lowest BCUT2D eigenvalue weighted by atomic mass is 10.2. The average molecular weight is 278 g/mol. The summed E-state index contributed by atoms with van der Waals surface area (Å²) < 4.78 is 5.53. The minimum absolute atomic E-state index is 0.0274. The Labute approximate surface area is 119 Å². The third kappa shape index (κ3) is 5.73. The van der Waals surface area contributed by atoms with Crippen LogP contribution < -0.4 is 15.4 Å². The highest BCUT2D eigenvalue weighted by Crippen LogP contribution is 2.14. The maximum atomic E-state index is 11.8. The fourth-order valence-corrected chi connectivity index (χ4v) is 1.58. The molecule has 0 saturated heterocycles. The van der Waals surface area contributed by atoms with Crippen molar-refractivity contribution in [3.63, 3.8) is 0 Å². The van der Waals surface area contributed by atoms with Crippen LogP contribution in [0.25, 0.3) is 0 Å². The highest BCUT2D eigenvalue weighted by molar-refractivity contribution is 5.86. The lowest BCUT2D eigenvalue weighted by Gasteiger charge is -2.15. The number of hydrogen-bond donors (Lipinski definition) is 2. The van der Waals surface area contributed by atoms with Gasteiger partial charge >= 0.3 is 0 Å². The molecule has 0 spiro atoms. The highest BCUT2D eigenvalue weighted by atomic mass is 16.5. The van der Waals surface area contributed by atoms with Crippen molar-refractivity contribution in [3.8, 4) is 5.75 Å². The predicted molar refractivity (Wildman–Crippen MR) is 77.6 cm³/mol. The van der Waals surface area contributed by atoms with E-state index in [4.69, 9.17) is 4.74 Å². The number of rotatable bonds is 7. The van der Waals surface area contributed by atoms with Crippen LogP contribution in [0.2, 0.25) is 0 Å². The van der Waals surface area contributed by atoms with Gasteiger partial charge in [0.2, 0.25) is 5.91 Å². The summed E-state index contributed by atoms with van der Waals surface area (Å²) >= 11 is 0. The normalized spacial score (nSPS) is 11.6. The quantitative estimate of drug-likeness (QED) is 0.792. The van der Waals surface area contributed by atoms with Crippen LogP contribution in [-0.4, -0.2) is 31.0 Å². The first-order valence-corrected chi connectivity index (χ1v) is 6.80. The van der Waals surface area contributed by atoms with Crippen LogP contribution >= 0.6 is 0 Å². The van der Waals surface area contributed by atoms with Gasteiger partial charge in [0.25, 0.3) is 5.91 Å². The molecule has 5 heteroatoms. The van der Waals surface area contributed by atoms with Crippen molar-refractivity contribution < 1.29 is 14.3 Å². The molecule has 0 saturated carbocycles. The minimum Gasteiger partial charge on any atom is -0.481 e. The molecule has 0 aliphatic carbocycles. The molecule has 1 aromatic rings. The molecule has 20 heavy (non-hydrogen) atoms. The molecule has 1 aromatic carbocycles. The summed E-state index contributed by atoms with van der Waals surface area (Å²) in [6.07, 6.45) is 0.225. The van der Waals surface area contributed by atoms with Gasteiger partial charge in [0.1, 0.15) is 5.75 Å². The number of amides is 2. The van der Waals surface area contributed by atoms with E-state index in [0.717, 1.165) is 12.0 Å².